The van der Waals surface area contributed by atoms with Crippen LogP contribution in [-0.4, -0.2) is 23.7 Å². The first-order chi connectivity index (χ1) is 12.8. The van der Waals surface area contributed by atoms with E-state index >= 15 is 0 Å². The Morgan fingerprint density at radius 3 is 2.44 bits per heavy atom. The number of hydrogen-bond donors (Lipinski definition) is 2. The number of nitrogens with one attached hydrogen (secondary N) is 2. The molecule has 0 saturated heterocycles. The summed E-state index contributed by atoms with van der Waals surface area (Å²) in [7, 11) is 0. The highest BCUT2D eigenvalue weighted by Crippen LogP contribution is 2.24. The highest BCUT2D eigenvalue weighted by atomic mass is 32.1. The SMILES string of the molecule is C=C(C)COc1ccccc1NC(=S)NC(=O)c1ccc(OC(C)C)cc1. The van der Waals surface area contributed by atoms with Crippen LogP contribution < -0.4 is 20.1 Å². The summed E-state index contributed by atoms with van der Waals surface area (Å²) in [5.74, 6) is 1.04. The lowest BCUT2D eigenvalue weighted by molar-refractivity contribution is 0.0977. The Morgan fingerprint density at radius 2 is 1.81 bits per heavy atom. The molecule has 142 valence electrons. The number of thiocarbonyl (C=S) groups is 1. The maximum absolute atomic E-state index is 12.4. The van der Waals surface area contributed by atoms with Crippen molar-refractivity contribution in [2.75, 3.05) is 11.9 Å². The summed E-state index contributed by atoms with van der Waals surface area (Å²) >= 11 is 5.25. The van der Waals surface area contributed by atoms with Crippen LogP contribution >= 0.6 is 12.2 Å². The van der Waals surface area contributed by atoms with Crippen LogP contribution in [0, 0.1) is 0 Å². The first-order valence-electron chi connectivity index (χ1n) is 8.60. The summed E-state index contributed by atoms with van der Waals surface area (Å²) < 4.78 is 11.3. The van der Waals surface area contributed by atoms with E-state index in [4.69, 9.17) is 21.7 Å². The fourth-order valence-electron chi connectivity index (χ4n) is 2.18. The molecule has 0 saturated carbocycles. The third-order valence-electron chi connectivity index (χ3n) is 3.32. The van der Waals surface area contributed by atoms with Crippen molar-refractivity contribution in [2.45, 2.75) is 26.9 Å². The predicted molar refractivity (Wildman–Crippen MR) is 113 cm³/mol. The Kier molecular flexibility index (Phi) is 7.37. The lowest BCUT2D eigenvalue weighted by Crippen LogP contribution is -2.34. The van der Waals surface area contributed by atoms with Crippen LogP contribution in [0.1, 0.15) is 31.1 Å². The van der Waals surface area contributed by atoms with Gasteiger partial charge in [-0.3, -0.25) is 10.1 Å². The first-order valence-corrected chi connectivity index (χ1v) is 9.01. The van der Waals surface area contributed by atoms with Crippen molar-refractivity contribution in [2.24, 2.45) is 0 Å². The summed E-state index contributed by atoms with van der Waals surface area (Å²) in [4.78, 5) is 12.4. The Hall–Kier alpha value is -2.86. The van der Waals surface area contributed by atoms with Crippen molar-refractivity contribution >= 4 is 28.9 Å². The average Bonchev–Trinajstić information content (AvgIpc) is 2.61. The highest BCUT2D eigenvalue weighted by molar-refractivity contribution is 7.80. The Bertz CT molecular complexity index is 816. The standard InChI is InChI=1S/C21H24N2O3S/c1-14(2)13-25-19-8-6-5-7-18(19)22-21(27)23-20(24)16-9-11-17(12-10-16)26-15(3)4/h5-12,15H,1,13H2,2-4H3,(H2,22,23,24,27). The van der Waals surface area contributed by atoms with Crippen molar-refractivity contribution in [3.63, 3.8) is 0 Å². The average molecular weight is 385 g/mol. The van der Waals surface area contributed by atoms with E-state index in [0.29, 0.717) is 29.4 Å². The van der Waals surface area contributed by atoms with Crippen molar-refractivity contribution in [1.82, 2.24) is 5.32 Å². The molecule has 0 aliphatic heterocycles. The molecule has 0 spiro atoms. The fraction of sp³-hybridized carbons (Fsp3) is 0.238. The van der Waals surface area contributed by atoms with Crippen molar-refractivity contribution in [1.29, 1.82) is 0 Å². The van der Waals surface area contributed by atoms with E-state index in [-0.39, 0.29) is 17.1 Å². The van der Waals surface area contributed by atoms with E-state index in [1.54, 1.807) is 24.3 Å². The van der Waals surface area contributed by atoms with Gasteiger partial charge in [-0.25, -0.2) is 0 Å². The molecular weight excluding hydrogens is 360 g/mol. The second-order valence-corrected chi connectivity index (χ2v) is 6.75. The maximum atomic E-state index is 12.4. The molecule has 0 aliphatic carbocycles. The van der Waals surface area contributed by atoms with Crippen LogP contribution in [0.5, 0.6) is 11.5 Å². The molecule has 0 heterocycles. The molecule has 0 aromatic heterocycles. The number of hydrogen-bond acceptors (Lipinski definition) is 4. The number of amides is 1. The zero-order valence-corrected chi connectivity index (χ0v) is 16.6. The quantitative estimate of drug-likeness (QED) is 0.541. The van der Waals surface area contributed by atoms with Crippen LogP contribution in [0.2, 0.25) is 0 Å². The van der Waals surface area contributed by atoms with Crippen LogP contribution in [-0.2, 0) is 0 Å². The minimum absolute atomic E-state index is 0.0774. The molecule has 0 radical (unpaired) electrons. The maximum Gasteiger partial charge on any atom is 0.257 e. The van der Waals surface area contributed by atoms with Gasteiger partial charge in [0.2, 0.25) is 0 Å². The summed E-state index contributed by atoms with van der Waals surface area (Å²) in [5.41, 5.74) is 2.07. The topological polar surface area (TPSA) is 59.6 Å². The van der Waals surface area contributed by atoms with E-state index < -0.39 is 0 Å². The van der Waals surface area contributed by atoms with Gasteiger partial charge in [0.05, 0.1) is 11.8 Å². The molecule has 0 aliphatic rings. The molecule has 27 heavy (non-hydrogen) atoms. The number of para-hydroxylation sites is 2. The Balaban J connectivity index is 1.97. The number of ether oxygens (including phenoxy) is 2. The van der Waals surface area contributed by atoms with Crippen molar-refractivity contribution in [3.05, 3.63) is 66.2 Å². The third-order valence-corrected chi connectivity index (χ3v) is 3.53. The summed E-state index contributed by atoms with van der Waals surface area (Å²) in [6.45, 7) is 10.0. The third kappa shape index (κ3) is 6.75. The lowest BCUT2D eigenvalue weighted by atomic mass is 10.2. The molecule has 1 amide bonds. The van der Waals surface area contributed by atoms with Gasteiger partial charge in [0.25, 0.3) is 5.91 Å². The lowest BCUT2D eigenvalue weighted by Gasteiger charge is -2.14. The molecule has 0 fully saturated rings. The molecule has 2 aromatic carbocycles. The molecular formula is C21H24N2O3S. The van der Waals surface area contributed by atoms with E-state index in [9.17, 15) is 4.79 Å². The number of anilines is 1. The summed E-state index contributed by atoms with van der Waals surface area (Å²) in [5, 5.41) is 5.85. The minimum atomic E-state index is -0.302. The van der Waals surface area contributed by atoms with Crippen LogP contribution in [0.25, 0.3) is 0 Å². The molecule has 2 aromatic rings. The molecule has 6 heteroatoms. The number of carbonyl (C=O) groups excluding carboxylic acids is 1. The zero-order valence-electron chi connectivity index (χ0n) is 15.7. The number of benzene rings is 2. The van der Waals surface area contributed by atoms with Crippen LogP contribution in [0.4, 0.5) is 5.69 Å². The highest BCUT2D eigenvalue weighted by Gasteiger charge is 2.10. The van der Waals surface area contributed by atoms with Gasteiger partial charge in [0, 0.05) is 5.56 Å². The molecule has 5 nitrogen and oxygen atoms in total. The number of carbonyl (C=O) groups is 1. The molecule has 0 unspecified atom stereocenters. The normalized spacial score (nSPS) is 10.2. The smallest absolute Gasteiger partial charge is 0.257 e. The molecule has 2 rings (SSSR count). The Labute approximate surface area is 165 Å². The van der Waals surface area contributed by atoms with Crippen LogP contribution in [0.15, 0.2) is 60.7 Å². The van der Waals surface area contributed by atoms with E-state index in [1.807, 2.05) is 45.0 Å². The largest absolute Gasteiger partial charge is 0.491 e. The summed E-state index contributed by atoms with van der Waals surface area (Å²) in [6.07, 6.45) is 0.0774. The van der Waals surface area contributed by atoms with Gasteiger partial charge in [0.15, 0.2) is 5.11 Å². The first kappa shape index (κ1) is 20.5. The van der Waals surface area contributed by atoms with Crippen LogP contribution in [0.3, 0.4) is 0 Å². The van der Waals surface area contributed by atoms with Gasteiger partial charge < -0.3 is 14.8 Å². The van der Waals surface area contributed by atoms with Gasteiger partial charge in [-0.2, -0.15) is 0 Å². The zero-order chi connectivity index (χ0) is 19.8. The van der Waals surface area contributed by atoms with Gasteiger partial charge in [-0.1, -0.05) is 18.7 Å². The van der Waals surface area contributed by atoms with Gasteiger partial charge in [-0.15, -0.1) is 0 Å². The van der Waals surface area contributed by atoms with Gasteiger partial charge in [0.1, 0.15) is 18.1 Å². The minimum Gasteiger partial charge on any atom is -0.491 e. The van der Waals surface area contributed by atoms with Crippen molar-refractivity contribution in [3.8, 4) is 11.5 Å². The molecule has 2 N–H and O–H groups in total. The van der Waals surface area contributed by atoms with E-state index in [1.165, 1.54) is 0 Å². The van der Waals surface area contributed by atoms with Gasteiger partial charge in [-0.05, 0) is 75.0 Å². The van der Waals surface area contributed by atoms with E-state index in [2.05, 4.69) is 17.2 Å². The number of rotatable bonds is 7. The fourth-order valence-corrected chi connectivity index (χ4v) is 2.39. The van der Waals surface area contributed by atoms with Gasteiger partial charge >= 0.3 is 0 Å². The molecule has 0 atom stereocenters. The second-order valence-electron chi connectivity index (χ2n) is 6.34. The summed E-state index contributed by atoms with van der Waals surface area (Å²) in [6, 6.07) is 14.3. The second kappa shape index (κ2) is 9.73. The van der Waals surface area contributed by atoms with Crippen molar-refractivity contribution < 1.29 is 14.3 Å². The van der Waals surface area contributed by atoms with E-state index in [0.717, 1.165) is 5.57 Å². The monoisotopic (exact) mass is 384 g/mol. The Morgan fingerprint density at radius 1 is 1.15 bits per heavy atom. The molecule has 0 bridgehead atoms. The predicted octanol–water partition coefficient (Wildman–Crippen LogP) is 4.56.